The van der Waals surface area contributed by atoms with E-state index in [9.17, 15) is 0 Å². The number of rotatable bonds is 1. The van der Waals surface area contributed by atoms with Crippen molar-refractivity contribution in [2.75, 3.05) is 0 Å². The average Bonchev–Trinajstić information content (AvgIpc) is 2.66. The van der Waals surface area contributed by atoms with E-state index < -0.39 is 0 Å². The molecule has 3 nitrogen and oxygen atoms in total. The lowest BCUT2D eigenvalue weighted by Gasteiger charge is -2.22. The fraction of sp³-hybridized carbons (Fsp3) is 0.500. The Morgan fingerprint density at radius 2 is 1.94 bits per heavy atom. The Hall–Kier alpha value is -1.35. The molecule has 0 amide bonds. The Morgan fingerprint density at radius 3 is 2.88 bits per heavy atom. The Morgan fingerprint density at radius 1 is 1.12 bits per heavy atom. The lowest BCUT2D eigenvalue weighted by Crippen LogP contribution is -2.31. The Bertz CT molecular complexity index is 503. The van der Waals surface area contributed by atoms with Gasteiger partial charge in [0, 0.05) is 11.4 Å². The lowest BCUT2D eigenvalue weighted by atomic mass is 10.0. The molecule has 1 aliphatic carbocycles. The van der Waals surface area contributed by atoms with Crippen molar-refractivity contribution in [2.24, 2.45) is 5.73 Å². The van der Waals surface area contributed by atoms with Crippen LogP contribution in [0.2, 0.25) is 0 Å². The molecule has 2 unspecified atom stereocenters. The Kier molecular flexibility index (Phi) is 2.85. The number of nitrogens with two attached hydrogens (primary N) is 1. The van der Waals surface area contributed by atoms with E-state index >= 15 is 0 Å². The van der Waals surface area contributed by atoms with Crippen LogP contribution in [0.5, 0.6) is 0 Å². The third-order valence-electron chi connectivity index (χ3n) is 3.85. The van der Waals surface area contributed by atoms with Crippen LogP contribution in [0.3, 0.4) is 0 Å². The second-order valence-corrected chi connectivity index (χ2v) is 5.02. The molecule has 1 aromatic carbocycles. The number of benzene rings is 1. The molecular weight excluding hydrogens is 210 g/mol. The van der Waals surface area contributed by atoms with E-state index in [1.54, 1.807) is 0 Å². The molecule has 2 aromatic rings. The van der Waals surface area contributed by atoms with E-state index in [0.717, 1.165) is 12.8 Å². The van der Waals surface area contributed by atoms with Gasteiger partial charge < -0.3 is 5.73 Å². The number of nitrogens with zero attached hydrogens (tertiary/aromatic N) is 2. The highest BCUT2D eigenvalue weighted by Crippen LogP contribution is 2.28. The molecule has 90 valence electrons. The van der Waals surface area contributed by atoms with Crippen LogP contribution in [0.15, 0.2) is 30.5 Å². The second-order valence-electron chi connectivity index (χ2n) is 5.02. The van der Waals surface area contributed by atoms with Crippen molar-refractivity contribution >= 4 is 10.9 Å². The van der Waals surface area contributed by atoms with E-state index in [-0.39, 0.29) is 6.04 Å². The quantitative estimate of drug-likeness (QED) is 0.764. The molecule has 1 fully saturated rings. The van der Waals surface area contributed by atoms with Crippen molar-refractivity contribution in [2.45, 2.75) is 44.2 Å². The summed E-state index contributed by atoms with van der Waals surface area (Å²) in [7, 11) is 0. The van der Waals surface area contributed by atoms with Crippen LogP contribution in [0.4, 0.5) is 0 Å². The first-order chi connectivity index (χ1) is 8.36. The van der Waals surface area contributed by atoms with Gasteiger partial charge in [-0.05, 0) is 18.9 Å². The zero-order valence-electron chi connectivity index (χ0n) is 10.0. The minimum Gasteiger partial charge on any atom is -0.326 e. The second kappa shape index (κ2) is 4.49. The molecule has 1 saturated carbocycles. The summed E-state index contributed by atoms with van der Waals surface area (Å²) in [5.74, 6) is 0. The van der Waals surface area contributed by atoms with Crippen LogP contribution in [-0.2, 0) is 0 Å². The molecule has 17 heavy (non-hydrogen) atoms. The molecule has 3 rings (SSSR count). The maximum atomic E-state index is 6.30. The maximum absolute atomic E-state index is 6.30. The van der Waals surface area contributed by atoms with E-state index in [2.05, 4.69) is 34.0 Å². The Labute approximate surface area is 102 Å². The van der Waals surface area contributed by atoms with Crippen LogP contribution in [-0.4, -0.2) is 15.8 Å². The van der Waals surface area contributed by atoms with Crippen molar-refractivity contribution < 1.29 is 0 Å². The normalized spacial score (nSPS) is 25.9. The van der Waals surface area contributed by atoms with E-state index in [1.807, 2.05) is 6.20 Å². The molecular formula is C14H19N3. The first kappa shape index (κ1) is 10.8. The smallest absolute Gasteiger partial charge is 0.0686 e. The van der Waals surface area contributed by atoms with E-state index in [0.29, 0.717) is 6.04 Å². The van der Waals surface area contributed by atoms with Gasteiger partial charge in [-0.3, -0.25) is 4.68 Å². The molecule has 0 radical (unpaired) electrons. The van der Waals surface area contributed by atoms with Gasteiger partial charge in [0.15, 0.2) is 0 Å². The number of aromatic nitrogens is 2. The van der Waals surface area contributed by atoms with Crippen molar-refractivity contribution in [3.05, 3.63) is 30.5 Å². The minimum absolute atomic E-state index is 0.251. The highest BCUT2D eigenvalue weighted by atomic mass is 15.3. The van der Waals surface area contributed by atoms with Gasteiger partial charge in [-0.2, -0.15) is 5.10 Å². The summed E-state index contributed by atoms with van der Waals surface area (Å²) in [5.41, 5.74) is 7.52. The molecule has 0 spiro atoms. The van der Waals surface area contributed by atoms with Gasteiger partial charge in [-0.1, -0.05) is 37.5 Å². The molecule has 0 aliphatic heterocycles. The summed E-state index contributed by atoms with van der Waals surface area (Å²) in [4.78, 5) is 0. The molecule has 2 N–H and O–H groups in total. The molecule has 3 heteroatoms. The zero-order chi connectivity index (χ0) is 11.7. The molecule has 1 aromatic heterocycles. The predicted octanol–water partition coefficient (Wildman–Crippen LogP) is 2.87. The largest absolute Gasteiger partial charge is 0.326 e. The highest BCUT2D eigenvalue weighted by Gasteiger charge is 2.23. The fourth-order valence-corrected chi connectivity index (χ4v) is 2.88. The summed E-state index contributed by atoms with van der Waals surface area (Å²) in [5, 5.41) is 5.76. The molecule has 0 saturated heterocycles. The van der Waals surface area contributed by atoms with Crippen molar-refractivity contribution in [3.8, 4) is 0 Å². The van der Waals surface area contributed by atoms with Gasteiger partial charge in [0.2, 0.25) is 0 Å². The van der Waals surface area contributed by atoms with Crippen LogP contribution in [0.1, 0.15) is 38.1 Å². The van der Waals surface area contributed by atoms with Gasteiger partial charge in [-0.15, -0.1) is 0 Å². The topological polar surface area (TPSA) is 43.8 Å². The maximum Gasteiger partial charge on any atom is 0.0686 e. The van der Waals surface area contributed by atoms with Crippen molar-refractivity contribution in [1.82, 2.24) is 9.78 Å². The third-order valence-corrected chi connectivity index (χ3v) is 3.85. The first-order valence-corrected chi connectivity index (χ1v) is 6.54. The highest BCUT2D eigenvalue weighted by molar-refractivity contribution is 5.78. The van der Waals surface area contributed by atoms with Crippen LogP contribution >= 0.6 is 0 Å². The zero-order valence-corrected chi connectivity index (χ0v) is 10.0. The third kappa shape index (κ3) is 1.95. The number of fused-ring (bicyclic) bond motifs is 1. The van der Waals surface area contributed by atoms with Gasteiger partial charge >= 0.3 is 0 Å². The fourth-order valence-electron chi connectivity index (χ4n) is 2.88. The molecule has 0 bridgehead atoms. The van der Waals surface area contributed by atoms with Gasteiger partial charge in [0.1, 0.15) is 0 Å². The van der Waals surface area contributed by atoms with E-state index in [1.165, 1.54) is 30.2 Å². The summed E-state index contributed by atoms with van der Waals surface area (Å²) in [6, 6.07) is 9.00. The van der Waals surface area contributed by atoms with Crippen LogP contribution < -0.4 is 5.73 Å². The lowest BCUT2D eigenvalue weighted by molar-refractivity contribution is 0.368. The molecule has 1 heterocycles. The van der Waals surface area contributed by atoms with Gasteiger partial charge in [0.25, 0.3) is 0 Å². The van der Waals surface area contributed by atoms with E-state index in [4.69, 9.17) is 5.73 Å². The number of hydrogen-bond acceptors (Lipinski definition) is 2. The number of para-hydroxylation sites is 1. The van der Waals surface area contributed by atoms with Crippen LogP contribution in [0, 0.1) is 0 Å². The standard InChI is InChI=1S/C14H19N3/c15-12-7-2-1-3-9-14(12)17-13-8-5-4-6-11(13)10-16-17/h4-6,8,10,12,14H,1-3,7,9,15H2. The van der Waals surface area contributed by atoms with Gasteiger partial charge in [0.05, 0.1) is 17.8 Å². The summed E-state index contributed by atoms with van der Waals surface area (Å²) < 4.78 is 2.14. The monoisotopic (exact) mass is 229 g/mol. The minimum atomic E-state index is 0.251. The Balaban J connectivity index is 2.01. The van der Waals surface area contributed by atoms with Crippen LogP contribution in [0.25, 0.3) is 10.9 Å². The summed E-state index contributed by atoms with van der Waals surface area (Å²) >= 11 is 0. The molecule has 2 atom stereocenters. The number of hydrogen-bond donors (Lipinski definition) is 1. The molecule has 1 aliphatic rings. The van der Waals surface area contributed by atoms with Gasteiger partial charge in [-0.25, -0.2) is 0 Å². The first-order valence-electron chi connectivity index (χ1n) is 6.54. The summed E-state index contributed by atoms with van der Waals surface area (Å²) in [6.45, 7) is 0. The SMILES string of the molecule is NC1CCCCCC1n1ncc2ccccc21. The van der Waals surface area contributed by atoms with Crippen molar-refractivity contribution in [3.63, 3.8) is 0 Å². The predicted molar refractivity (Wildman–Crippen MR) is 69.8 cm³/mol. The summed E-state index contributed by atoms with van der Waals surface area (Å²) in [6.07, 6.45) is 8.07. The van der Waals surface area contributed by atoms with Crippen molar-refractivity contribution in [1.29, 1.82) is 0 Å². The average molecular weight is 229 g/mol.